The van der Waals surface area contributed by atoms with Crippen LogP contribution in [0.25, 0.3) is 0 Å². The van der Waals surface area contributed by atoms with Crippen LogP contribution >= 0.6 is 0 Å². The molecule has 0 spiro atoms. The van der Waals surface area contributed by atoms with Crippen LogP contribution in [-0.2, 0) is 6.54 Å². The lowest BCUT2D eigenvalue weighted by molar-refractivity contribution is -0.385. The first kappa shape index (κ1) is 16.1. The quantitative estimate of drug-likeness (QED) is 0.488. The van der Waals surface area contributed by atoms with Gasteiger partial charge in [-0.15, -0.1) is 0 Å². The van der Waals surface area contributed by atoms with E-state index in [-0.39, 0.29) is 17.9 Å². The smallest absolute Gasteiger partial charge is 0.287 e. The maximum atomic E-state index is 12.4. The summed E-state index contributed by atoms with van der Waals surface area (Å²) in [6, 6.07) is 7.87. The van der Waals surface area contributed by atoms with Crippen molar-refractivity contribution >= 4 is 11.5 Å². The maximum Gasteiger partial charge on any atom is 0.287 e. The minimum absolute atomic E-state index is 0.349. The first-order valence-corrected chi connectivity index (χ1v) is 6.73. The van der Waals surface area contributed by atoms with E-state index in [2.05, 4.69) is 0 Å². The van der Waals surface area contributed by atoms with E-state index in [0.29, 0.717) is 5.56 Å². The number of benzene rings is 1. The highest BCUT2D eigenvalue weighted by atomic mass is 16.6. The van der Waals surface area contributed by atoms with Crippen LogP contribution in [0.15, 0.2) is 35.3 Å². The van der Waals surface area contributed by atoms with Crippen molar-refractivity contribution in [1.82, 2.24) is 4.57 Å². The molecule has 23 heavy (non-hydrogen) atoms. The predicted molar refractivity (Wildman–Crippen MR) is 82.3 cm³/mol. The van der Waals surface area contributed by atoms with Gasteiger partial charge in [-0.25, -0.2) is 0 Å². The molecule has 1 aromatic carbocycles. The lowest BCUT2D eigenvalue weighted by Gasteiger charge is -2.08. The van der Waals surface area contributed by atoms with E-state index in [4.69, 9.17) is 5.26 Å². The Bertz CT molecular complexity index is 907. The predicted octanol–water partition coefficient (Wildman–Crippen LogP) is 2.13. The van der Waals surface area contributed by atoms with E-state index in [1.165, 1.54) is 0 Å². The summed E-state index contributed by atoms with van der Waals surface area (Å²) in [7, 11) is 0. The molecule has 0 unspecified atom stereocenters. The number of nitriles is 1. The van der Waals surface area contributed by atoms with E-state index in [9.17, 15) is 19.7 Å². The number of nitro groups is 1. The molecule has 0 saturated carbocycles. The van der Waals surface area contributed by atoms with Crippen molar-refractivity contribution in [2.75, 3.05) is 0 Å². The van der Waals surface area contributed by atoms with Crippen LogP contribution in [-0.4, -0.2) is 15.3 Å². The molecule has 116 valence electrons. The second-order valence-corrected chi connectivity index (χ2v) is 5.16. The van der Waals surface area contributed by atoms with Crippen LogP contribution in [0.2, 0.25) is 0 Å². The number of carbonyl (C=O) groups excluding carboxylic acids is 1. The number of nitrogens with zero attached hydrogens (tertiary/aromatic N) is 3. The van der Waals surface area contributed by atoms with Crippen molar-refractivity contribution in [3.63, 3.8) is 0 Å². The molecule has 7 nitrogen and oxygen atoms in total. The summed E-state index contributed by atoms with van der Waals surface area (Å²) in [4.78, 5) is 34.6. The van der Waals surface area contributed by atoms with E-state index in [1.54, 1.807) is 25.1 Å². The standard InChI is InChI=1S/C16H13N3O4/c1-10-3-4-11(2)14(5-10)15(20)9-18-8-13(19(22)23)6-12(7-17)16(18)21/h3-6,8H,9H2,1-2H3. The monoisotopic (exact) mass is 311 g/mol. The first-order chi connectivity index (χ1) is 10.8. The lowest BCUT2D eigenvalue weighted by Crippen LogP contribution is -2.26. The van der Waals surface area contributed by atoms with Crippen molar-refractivity contribution in [2.45, 2.75) is 20.4 Å². The van der Waals surface area contributed by atoms with Crippen LogP contribution in [0.4, 0.5) is 5.69 Å². The summed E-state index contributed by atoms with van der Waals surface area (Å²) in [5.74, 6) is -0.349. The van der Waals surface area contributed by atoms with E-state index in [0.717, 1.165) is 28.0 Å². The molecule has 0 amide bonds. The second-order valence-electron chi connectivity index (χ2n) is 5.16. The Morgan fingerprint density at radius 1 is 1.35 bits per heavy atom. The van der Waals surface area contributed by atoms with Crippen molar-refractivity contribution in [2.24, 2.45) is 0 Å². The zero-order valence-corrected chi connectivity index (χ0v) is 12.6. The van der Waals surface area contributed by atoms with Gasteiger partial charge in [-0.1, -0.05) is 17.7 Å². The van der Waals surface area contributed by atoms with Gasteiger partial charge in [0.1, 0.15) is 11.6 Å². The van der Waals surface area contributed by atoms with Crippen LogP contribution in [0, 0.1) is 35.3 Å². The molecule has 7 heteroatoms. The molecule has 0 aliphatic carbocycles. The third-order valence-electron chi connectivity index (χ3n) is 3.41. The number of hydrogen-bond donors (Lipinski definition) is 0. The van der Waals surface area contributed by atoms with Gasteiger partial charge in [-0.2, -0.15) is 5.26 Å². The summed E-state index contributed by atoms with van der Waals surface area (Å²) < 4.78 is 0.904. The van der Waals surface area contributed by atoms with Gasteiger partial charge in [0.25, 0.3) is 11.2 Å². The van der Waals surface area contributed by atoms with Crippen LogP contribution in [0.3, 0.4) is 0 Å². The molecule has 2 rings (SSSR count). The SMILES string of the molecule is Cc1ccc(C)c(C(=O)Cn2cc([N+](=O)[O-])cc(C#N)c2=O)c1. The number of carbonyl (C=O) groups is 1. The Labute approximate surface area is 131 Å². The topological polar surface area (TPSA) is 106 Å². The number of aryl methyl sites for hydroxylation is 2. The highest BCUT2D eigenvalue weighted by molar-refractivity contribution is 5.97. The largest absolute Gasteiger partial charge is 0.300 e. The van der Waals surface area contributed by atoms with E-state index < -0.39 is 16.2 Å². The van der Waals surface area contributed by atoms with Crippen molar-refractivity contribution in [1.29, 1.82) is 5.26 Å². The van der Waals surface area contributed by atoms with Gasteiger partial charge in [0, 0.05) is 11.6 Å². The van der Waals surface area contributed by atoms with Gasteiger partial charge in [-0.3, -0.25) is 24.3 Å². The molecule has 1 aromatic heterocycles. The number of ketones is 1. The number of aromatic nitrogens is 1. The fourth-order valence-electron chi connectivity index (χ4n) is 2.19. The minimum atomic E-state index is -0.725. The molecule has 0 saturated heterocycles. The van der Waals surface area contributed by atoms with Crippen LogP contribution in [0.5, 0.6) is 0 Å². The molecule has 0 fully saturated rings. The molecule has 1 heterocycles. The average Bonchev–Trinajstić information content (AvgIpc) is 2.51. The Balaban J connectivity index is 2.47. The fourth-order valence-corrected chi connectivity index (χ4v) is 2.19. The number of Topliss-reactive ketones (excluding diaryl/α,β-unsaturated/α-hetero) is 1. The number of rotatable bonds is 4. The maximum absolute atomic E-state index is 12.4. The lowest BCUT2D eigenvalue weighted by atomic mass is 10.0. The van der Waals surface area contributed by atoms with Gasteiger partial charge in [0.2, 0.25) is 0 Å². The normalized spacial score (nSPS) is 10.1. The molecule has 0 aliphatic rings. The highest BCUT2D eigenvalue weighted by Gasteiger charge is 2.17. The Morgan fingerprint density at radius 2 is 2.04 bits per heavy atom. The fraction of sp³-hybridized carbons (Fsp3) is 0.188. The van der Waals surface area contributed by atoms with Gasteiger partial charge in [0.05, 0.1) is 17.7 Å². The van der Waals surface area contributed by atoms with Gasteiger partial charge >= 0.3 is 0 Å². The summed E-state index contributed by atoms with van der Waals surface area (Å²) in [5, 5.41) is 19.8. The van der Waals surface area contributed by atoms with Crippen LogP contribution < -0.4 is 5.56 Å². The molecule has 0 bridgehead atoms. The zero-order chi connectivity index (χ0) is 17.1. The third-order valence-corrected chi connectivity index (χ3v) is 3.41. The molecule has 2 aromatic rings. The summed E-state index contributed by atoms with van der Waals surface area (Å²) in [6.45, 7) is 3.24. The minimum Gasteiger partial charge on any atom is -0.300 e. The summed E-state index contributed by atoms with van der Waals surface area (Å²) >= 11 is 0. The summed E-state index contributed by atoms with van der Waals surface area (Å²) in [5.41, 5.74) is 0.587. The van der Waals surface area contributed by atoms with Crippen LogP contribution in [0.1, 0.15) is 27.0 Å². The van der Waals surface area contributed by atoms with Crippen molar-refractivity contribution in [3.05, 3.63) is 73.2 Å². The molecule has 0 radical (unpaired) electrons. The first-order valence-electron chi connectivity index (χ1n) is 6.73. The van der Waals surface area contributed by atoms with Gasteiger partial charge < -0.3 is 0 Å². The second kappa shape index (κ2) is 6.23. The number of pyridine rings is 1. The number of hydrogen-bond acceptors (Lipinski definition) is 5. The Kier molecular flexibility index (Phi) is 4.37. The molecular formula is C16H13N3O4. The molecule has 0 N–H and O–H groups in total. The van der Waals surface area contributed by atoms with Gasteiger partial charge in [-0.05, 0) is 25.5 Å². The Hall–Kier alpha value is -3.27. The Morgan fingerprint density at radius 3 is 2.65 bits per heavy atom. The van der Waals surface area contributed by atoms with Crippen molar-refractivity contribution < 1.29 is 9.72 Å². The van der Waals surface area contributed by atoms with Gasteiger partial charge in [0.15, 0.2) is 5.78 Å². The molecule has 0 aliphatic heterocycles. The van der Waals surface area contributed by atoms with E-state index in [1.807, 2.05) is 13.0 Å². The summed E-state index contributed by atoms with van der Waals surface area (Å²) in [6.07, 6.45) is 0.978. The third kappa shape index (κ3) is 3.32. The van der Waals surface area contributed by atoms with E-state index >= 15 is 0 Å². The zero-order valence-electron chi connectivity index (χ0n) is 12.6. The highest BCUT2D eigenvalue weighted by Crippen LogP contribution is 2.14. The van der Waals surface area contributed by atoms with Crippen molar-refractivity contribution in [3.8, 4) is 6.07 Å². The molecule has 0 atom stereocenters. The average molecular weight is 311 g/mol. The molecular weight excluding hydrogens is 298 g/mol.